The van der Waals surface area contributed by atoms with Crippen LogP contribution >= 0.6 is 0 Å². The van der Waals surface area contributed by atoms with E-state index in [2.05, 4.69) is 411 Å². The van der Waals surface area contributed by atoms with Crippen LogP contribution in [0.1, 0.15) is 222 Å². The van der Waals surface area contributed by atoms with Gasteiger partial charge in [0.1, 0.15) is 0 Å². The summed E-state index contributed by atoms with van der Waals surface area (Å²) in [6.45, 7) is 54.1. The molecule has 6 heteroatoms. The third kappa shape index (κ3) is 14.1. The molecule has 606 valence electrons. The Labute approximate surface area is 731 Å². The first-order chi connectivity index (χ1) is 60.4. The van der Waals surface area contributed by atoms with Crippen molar-refractivity contribution < 1.29 is 11.0 Å². The highest BCUT2D eigenvalue weighted by Crippen LogP contribution is 2.57. The predicted octanol–water partition coefficient (Wildman–Crippen LogP) is 30.1. The highest BCUT2D eigenvalue weighted by Gasteiger charge is 2.47. The number of anilines is 6. The van der Waals surface area contributed by atoms with E-state index in [-0.39, 0.29) is 54.3 Å². The lowest BCUT2D eigenvalue weighted by atomic mass is 9.33. The minimum absolute atomic E-state index is 0.00773. The van der Waals surface area contributed by atoms with E-state index in [9.17, 15) is 11.0 Å². The van der Waals surface area contributed by atoms with E-state index in [1.165, 1.54) is 22.3 Å². The van der Waals surface area contributed by atoms with E-state index < -0.39 is 65.9 Å². The van der Waals surface area contributed by atoms with Crippen LogP contribution < -0.4 is 26.2 Å². The molecule has 5 nitrogen and oxygen atoms in total. The maximum absolute atomic E-state index is 10.5. The highest BCUT2D eigenvalue weighted by molar-refractivity contribution is 7.00. The van der Waals surface area contributed by atoms with Crippen LogP contribution in [0.25, 0.3) is 111 Å². The van der Waals surface area contributed by atoms with Gasteiger partial charge in [-0.2, -0.15) is 0 Å². The zero-order valence-electron chi connectivity index (χ0n) is 83.3. The Hall–Kier alpha value is -11.7. The first kappa shape index (κ1) is 71.1. The predicted molar refractivity (Wildman–Crippen MR) is 524 cm³/mol. The average Bonchev–Trinajstić information content (AvgIpc) is 1.14. The van der Waals surface area contributed by atoms with Crippen LogP contribution in [0.4, 0.5) is 34.1 Å². The number of rotatable bonds is 9. The molecule has 0 fully saturated rings. The number of hydrogen-bond donors (Lipinski definition) is 0. The van der Waals surface area contributed by atoms with E-state index >= 15 is 0 Å². The molecule has 2 aliphatic heterocycles. The molecule has 0 saturated heterocycles. The van der Waals surface area contributed by atoms with Crippen LogP contribution in [0.5, 0.6) is 0 Å². The molecule has 121 heavy (non-hydrogen) atoms. The summed E-state index contributed by atoms with van der Waals surface area (Å²) in [5, 5.41) is 2.26. The maximum atomic E-state index is 10.5. The second-order valence-corrected chi connectivity index (χ2v) is 42.5. The molecule has 0 N–H and O–H groups in total. The molecule has 3 aromatic heterocycles. The Kier molecular flexibility index (Phi) is 16.7. The maximum Gasteiger partial charge on any atom is 0.252 e. The average molecular weight is 1590 g/mol. The lowest BCUT2D eigenvalue weighted by Crippen LogP contribution is -2.61. The Balaban J connectivity index is 1.12. The monoisotopic (exact) mass is 1590 g/mol. The first-order valence-corrected chi connectivity index (χ1v) is 43.3. The normalized spacial score (nSPS) is 14.5. The number of hydrogen-bond acceptors (Lipinski definition) is 3. The van der Waals surface area contributed by atoms with Gasteiger partial charge in [-0.1, -0.05) is 342 Å². The Morgan fingerprint density at radius 2 is 0.636 bits per heavy atom. The van der Waals surface area contributed by atoms with Crippen LogP contribution in [0.3, 0.4) is 0 Å². The fraction of sp³-hybridized carbons (Fsp3) is 0.278. The van der Waals surface area contributed by atoms with Crippen molar-refractivity contribution in [3.63, 3.8) is 0 Å². The molecule has 0 unspecified atom stereocenters. The molecule has 0 saturated carbocycles. The molecule has 0 amide bonds. The van der Waals surface area contributed by atoms with Crippen molar-refractivity contribution in [2.24, 2.45) is 0 Å². The quantitative estimate of drug-likeness (QED) is 0.135. The van der Waals surface area contributed by atoms with Crippen molar-refractivity contribution in [2.45, 2.75) is 209 Å². The smallest absolute Gasteiger partial charge is 0.252 e. The van der Waals surface area contributed by atoms with Gasteiger partial charge in [-0.05, 0) is 224 Å². The molecule has 0 atom stereocenters. The summed E-state index contributed by atoms with van der Waals surface area (Å²) in [7, 11) is 0. The minimum atomic E-state index is -0.591. The molecule has 0 spiro atoms. The SMILES string of the molecule is [2H]c1c([2H])c([2H])c2c(c1[2H])c1c([2H])c([2H])c([2H])c([2H])c1n2-c1cc2c3c(c1)N(c1c(-c4ccccc4)cc(C(C)(C)C)cc1-c1cc(C(C)(C)C)cc(C(C)(C)C)n1)c1cc(-c4cc(C(C)(C)C)cc(C(C)(C)C)c4)ccc1B3c1ccc(-n3c4ccc(C(C)(C)C)cc4c4cc(C(C)(C)C)ccc43)cc1N2c1c(-c2ccccc2)cc(C(C)(C)C)cc1-c1ccccc1. The molecule has 5 heterocycles. The van der Waals surface area contributed by atoms with Crippen molar-refractivity contribution in [3.8, 4) is 67.1 Å². The number of nitrogens with zero attached hydrogens (tertiary/aromatic N) is 5. The molecule has 16 aromatic rings. The lowest BCUT2D eigenvalue weighted by Gasteiger charge is -2.46. The zero-order chi connectivity index (χ0) is 92.4. The van der Waals surface area contributed by atoms with Gasteiger partial charge in [0.25, 0.3) is 6.71 Å². The van der Waals surface area contributed by atoms with Crippen molar-refractivity contribution in [2.75, 3.05) is 9.80 Å². The number of benzene rings is 13. The molecule has 0 radical (unpaired) electrons. The molecular formula is C115H118BN5. The fourth-order valence-corrected chi connectivity index (χ4v) is 18.3. The van der Waals surface area contributed by atoms with Gasteiger partial charge in [0.05, 0.1) is 55.8 Å². The van der Waals surface area contributed by atoms with Crippen LogP contribution in [0, 0.1) is 0 Å². The molecule has 0 bridgehead atoms. The van der Waals surface area contributed by atoms with E-state index in [0.29, 0.717) is 5.69 Å². The molecule has 0 aliphatic carbocycles. The Morgan fingerprint density at radius 3 is 1.07 bits per heavy atom. The van der Waals surface area contributed by atoms with Gasteiger partial charge in [0.15, 0.2) is 0 Å². The van der Waals surface area contributed by atoms with Gasteiger partial charge in [-0.25, -0.2) is 0 Å². The second-order valence-electron chi connectivity index (χ2n) is 42.5. The van der Waals surface area contributed by atoms with Gasteiger partial charge in [-0.15, -0.1) is 0 Å². The highest BCUT2D eigenvalue weighted by atomic mass is 15.2. The minimum Gasteiger partial charge on any atom is -0.310 e. The number of aromatic nitrogens is 3. The molecule has 18 rings (SSSR count). The van der Waals surface area contributed by atoms with Crippen LogP contribution in [0.2, 0.25) is 0 Å². The Bertz CT molecular complexity index is 7070. The van der Waals surface area contributed by atoms with Crippen LogP contribution in [0.15, 0.2) is 279 Å². The van der Waals surface area contributed by atoms with Crippen molar-refractivity contribution >= 4 is 101 Å². The lowest BCUT2D eigenvalue weighted by molar-refractivity contribution is 0.553. The summed E-state index contributed by atoms with van der Waals surface area (Å²) < 4.78 is 84.0. The summed E-state index contributed by atoms with van der Waals surface area (Å²) in [6.07, 6.45) is 0. The van der Waals surface area contributed by atoms with E-state index in [1.807, 2.05) is 0 Å². The topological polar surface area (TPSA) is 29.2 Å². The van der Waals surface area contributed by atoms with Crippen LogP contribution in [-0.4, -0.2) is 20.8 Å². The van der Waals surface area contributed by atoms with Crippen LogP contribution in [-0.2, 0) is 43.3 Å². The van der Waals surface area contributed by atoms with Gasteiger partial charge >= 0.3 is 0 Å². The standard InChI is InChI=1S/C115H118BN5/c1-108(2,3)76-49-54-98-90(60-76)91-61-77(109(4,5)6)50-55-99(91)118(98)83-51-53-94-101(68-83)121(106-87(71-38-28-25-29-39-71)62-80(112(13,14)15)63-88(106)72-40-30-26-31-41-72)103-70-84(119-96-46-36-34-44-85(96)86-45-35-37-47-97(86)119)69-102-105(103)116(94)93-52-48-74(75-56-78(110(7,8)9)59-79(57-75)111(10,11)12)58-100(93)120(102)107-89(73-42-32-27-33-43-73)64-81(113(16,17)18)65-92(107)95-66-82(114(19,20)21)67-104(117-95)115(22,23)24/h25-70H,1-24H3/i34D,35D,36D,37D,44D,45D,46D,47D. The molecular weight excluding hydrogens is 1460 g/mol. The fourth-order valence-electron chi connectivity index (χ4n) is 18.3. The van der Waals surface area contributed by atoms with Gasteiger partial charge in [-0.3, -0.25) is 4.98 Å². The van der Waals surface area contributed by atoms with E-state index in [4.69, 9.17) is 4.98 Å². The van der Waals surface area contributed by atoms with Crippen molar-refractivity contribution in [3.05, 3.63) is 323 Å². The second kappa shape index (κ2) is 28.5. The van der Waals surface area contributed by atoms with Gasteiger partial charge in [0, 0.05) is 83.3 Å². The van der Waals surface area contributed by atoms with E-state index in [1.54, 1.807) is 4.57 Å². The Morgan fingerprint density at radius 1 is 0.264 bits per heavy atom. The third-order valence-corrected chi connectivity index (χ3v) is 25.5. The number of pyridine rings is 1. The zero-order valence-corrected chi connectivity index (χ0v) is 75.3. The summed E-state index contributed by atoms with van der Waals surface area (Å²) in [6, 6.07) is 82.5. The van der Waals surface area contributed by atoms with Gasteiger partial charge in [0.2, 0.25) is 0 Å². The van der Waals surface area contributed by atoms with Gasteiger partial charge < -0.3 is 18.9 Å². The number of para-hydroxylation sites is 2. The molecule has 2 aliphatic rings. The van der Waals surface area contributed by atoms with Crippen molar-refractivity contribution in [1.82, 2.24) is 14.1 Å². The summed E-state index contributed by atoms with van der Waals surface area (Å²) in [4.78, 5) is 11.0. The molecule has 13 aromatic carbocycles. The summed E-state index contributed by atoms with van der Waals surface area (Å²) >= 11 is 0. The summed E-state index contributed by atoms with van der Waals surface area (Å²) in [5.41, 5.74) is 27.5. The largest absolute Gasteiger partial charge is 0.310 e. The van der Waals surface area contributed by atoms with Crippen molar-refractivity contribution in [1.29, 1.82) is 0 Å². The first-order valence-electron chi connectivity index (χ1n) is 47.3. The third-order valence-electron chi connectivity index (χ3n) is 25.5. The summed E-state index contributed by atoms with van der Waals surface area (Å²) in [5.74, 6) is 0. The number of fused-ring (bicyclic) bond motifs is 10. The van der Waals surface area contributed by atoms with E-state index in [0.717, 1.165) is 156 Å².